The van der Waals surface area contributed by atoms with Crippen molar-refractivity contribution in [3.8, 4) is 0 Å². The van der Waals surface area contributed by atoms with Gasteiger partial charge >= 0.3 is 21.7 Å². The van der Waals surface area contributed by atoms with E-state index in [1.807, 2.05) is 0 Å². The van der Waals surface area contributed by atoms with Gasteiger partial charge < -0.3 is 10.0 Å². The van der Waals surface area contributed by atoms with Gasteiger partial charge in [0, 0.05) is 6.54 Å². The summed E-state index contributed by atoms with van der Waals surface area (Å²) in [6.07, 6.45) is -1.64. The molecule has 112 valence electrons. The van der Waals surface area contributed by atoms with Gasteiger partial charge in [-0.2, -0.15) is 21.6 Å². The van der Waals surface area contributed by atoms with Gasteiger partial charge in [-0.15, -0.1) is 0 Å². The van der Waals surface area contributed by atoms with E-state index in [-0.39, 0.29) is 19.4 Å². The molecule has 1 heterocycles. The van der Waals surface area contributed by atoms with E-state index < -0.39 is 40.5 Å². The minimum absolute atomic E-state index is 0.0347. The molecule has 1 fully saturated rings. The van der Waals surface area contributed by atoms with E-state index in [0.717, 1.165) is 0 Å². The summed E-state index contributed by atoms with van der Waals surface area (Å²) < 4.78 is 74.8. The molecule has 1 atom stereocenters. The van der Waals surface area contributed by atoms with Crippen LogP contribution in [0.4, 0.5) is 22.4 Å². The Morgan fingerprint density at radius 2 is 2.00 bits per heavy atom. The number of carboxylic acid groups (broad SMARTS) is 1. The molecule has 1 N–H and O–H groups in total. The maximum absolute atomic E-state index is 14.0. The maximum Gasteiger partial charge on any atom is 0.523 e. The highest BCUT2D eigenvalue weighted by atomic mass is 32.2. The summed E-state index contributed by atoms with van der Waals surface area (Å²) in [6, 6.07) is 0. The minimum atomic E-state index is -5.88. The normalized spacial score (nSPS) is 25.4. The summed E-state index contributed by atoms with van der Waals surface area (Å²) in [7, 11) is -5.88. The third-order valence-electron chi connectivity index (χ3n) is 2.55. The smallest absolute Gasteiger partial charge is 0.465 e. The van der Waals surface area contributed by atoms with Crippen LogP contribution in [0.5, 0.6) is 0 Å². The van der Waals surface area contributed by atoms with Crippen molar-refractivity contribution in [2.45, 2.75) is 24.0 Å². The summed E-state index contributed by atoms with van der Waals surface area (Å²) in [6.45, 7) is -2.05. The number of carbonyl (C=O) groups is 1. The second-order valence-corrected chi connectivity index (χ2v) is 5.73. The van der Waals surface area contributed by atoms with Gasteiger partial charge in [-0.25, -0.2) is 9.18 Å². The number of hydrogen-bond acceptors (Lipinski definition) is 4. The Kier molecular flexibility index (Phi) is 4.30. The van der Waals surface area contributed by atoms with Gasteiger partial charge in [0.1, 0.15) is 6.61 Å². The molecular weight excluding hydrogens is 298 g/mol. The second kappa shape index (κ2) is 5.12. The number of amides is 1. The van der Waals surface area contributed by atoms with Gasteiger partial charge in [0.2, 0.25) is 0 Å². The van der Waals surface area contributed by atoms with Crippen LogP contribution in [0.3, 0.4) is 0 Å². The van der Waals surface area contributed by atoms with Gasteiger partial charge in [0.05, 0.1) is 6.54 Å². The predicted molar refractivity (Wildman–Crippen MR) is 53.6 cm³/mol. The molecule has 0 bridgehead atoms. The molecule has 0 saturated carbocycles. The summed E-state index contributed by atoms with van der Waals surface area (Å²) in [5, 5.41) is 8.65. The molecular formula is C8H11F4NO5S. The van der Waals surface area contributed by atoms with E-state index in [0.29, 0.717) is 4.90 Å². The van der Waals surface area contributed by atoms with Crippen LogP contribution in [0, 0.1) is 0 Å². The number of piperidine rings is 1. The molecule has 1 rings (SSSR count). The molecule has 0 radical (unpaired) electrons. The summed E-state index contributed by atoms with van der Waals surface area (Å²) in [4.78, 5) is 11.3. The maximum atomic E-state index is 14.0. The Morgan fingerprint density at radius 3 is 2.47 bits per heavy atom. The first-order chi connectivity index (χ1) is 8.47. The van der Waals surface area contributed by atoms with Crippen molar-refractivity contribution in [1.29, 1.82) is 0 Å². The Morgan fingerprint density at radius 1 is 1.42 bits per heavy atom. The first-order valence-corrected chi connectivity index (χ1v) is 6.50. The third kappa shape index (κ3) is 3.93. The SMILES string of the molecule is O=C(O)N1CCC[C@@](F)(COS(=O)(=O)C(F)(F)F)C1. The molecule has 1 aliphatic heterocycles. The number of hydrogen-bond donors (Lipinski definition) is 1. The quantitative estimate of drug-likeness (QED) is 0.483. The average molecular weight is 309 g/mol. The van der Waals surface area contributed by atoms with E-state index >= 15 is 0 Å². The van der Waals surface area contributed by atoms with Gasteiger partial charge in [-0.1, -0.05) is 0 Å². The topological polar surface area (TPSA) is 83.9 Å². The van der Waals surface area contributed by atoms with Crippen molar-refractivity contribution in [2.75, 3.05) is 19.7 Å². The Bertz CT molecular complexity index is 451. The molecule has 0 aromatic heterocycles. The Hall–Kier alpha value is -1.10. The molecule has 0 spiro atoms. The van der Waals surface area contributed by atoms with Crippen LogP contribution in [0.1, 0.15) is 12.8 Å². The third-order valence-corrected chi connectivity index (χ3v) is 3.55. The zero-order valence-electron chi connectivity index (χ0n) is 9.48. The van der Waals surface area contributed by atoms with Crippen LogP contribution >= 0.6 is 0 Å². The zero-order valence-corrected chi connectivity index (χ0v) is 10.3. The van der Waals surface area contributed by atoms with Gasteiger partial charge in [0.25, 0.3) is 0 Å². The zero-order chi connectivity index (χ0) is 14.9. The standard InChI is InChI=1S/C8H11F4NO5S/c9-7(2-1-3-13(4-7)6(14)15)5-18-19(16,17)8(10,11)12/h1-5H2,(H,14,15)/t7-/m0/s1. The lowest BCUT2D eigenvalue weighted by Gasteiger charge is -2.35. The second-order valence-electron chi connectivity index (χ2n) is 4.12. The summed E-state index contributed by atoms with van der Waals surface area (Å²) >= 11 is 0. The molecule has 6 nitrogen and oxygen atoms in total. The largest absolute Gasteiger partial charge is 0.523 e. The van der Waals surface area contributed by atoms with Crippen molar-refractivity contribution >= 4 is 16.2 Å². The van der Waals surface area contributed by atoms with Crippen LogP contribution < -0.4 is 0 Å². The van der Waals surface area contributed by atoms with E-state index in [2.05, 4.69) is 4.18 Å². The van der Waals surface area contributed by atoms with Gasteiger partial charge in [-0.3, -0.25) is 4.18 Å². The van der Waals surface area contributed by atoms with E-state index in [1.54, 1.807) is 0 Å². The predicted octanol–water partition coefficient (Wildman–Crippen LogP) is 1.33. The fourth-order valence-corrected chi connectivity index (χ4v) is 2.12. The van der Waals surface area contributed by atoms with E-state index in [9.17, 15) is 30.8 Å². The molecule has 1 saturated heterocycles. The highest BCUT2D eigenvalue weighted by Crippen LogP contribution is 2.30. The highest BCUT2D eigenvalue weighted by Gasteiger charge is 2.49. The first kappa shape index (κ1) is 16.0. The fourth-order valence-electron chi connectivity index (χ4n) is 1.62. The monoisotopic (exact) mass is 309 g/mol. The molecule has 19 heavy (non-hydrogen) atoms. The van der Waals surface area contributed by atoms with Crippen LogP contribution in [0.15, 0.2) is 0 Å². The molecule has 1 amide bonds. The van der Waals surface area contributed by atoms with Crippen molar-refractivity contribution < 1.29 is 40.1 Å². The van der Waals surface area contributed by atoms with Gasteiger partial charge in [0.15, 0.2) is 5.67 Å². The molecule has 0 aromatic rings. The van der Waals surface area contributed by atoms with Crippen molar-refractivity contribution in [3.63, 3.8) is 0 Å². The number of nitrogens with zero attached hydrogens (tertiary/aromatic N) is 1. The van der Waals surface area contributed by atoms with Crippen molar-refractivity contribution in [2.24, 2.45) is 0 Å². The number of halogens is 4. The summed E-state index contributed by atoms with van der Waals surface area (Å²) in [5.74, 6) is 0. The van der Waals surface area contributed by atoms with Crippen LogP contribution in [-0.4, -0.2) is 55.4 Å². The van der Waals surface area contributed by atoms with Crippen LogP contribution in [-0.2, 0) is 14.3 Å². The van der Waals surface area contributed by atoms with E-state index in [4.69, 9.17) is 5.11 Å². The lowest BCUT2D eigenvalue weighted by Crippen LogP contribution is -2.50. The van der Waals surface area contributed by atoms with E-state index in [1.165, 1.54) is 0 Å². The van der Waals surface area contributed by atoms with Crippen LogP contribution in [0.25, 0.3) is 0 Å². The number of likely N-dealkylation sites (tertiary alicyclic amines) is 1. The van der Waals surface area contributed by atoms with Gasteiger partial charge in [-0.05, 0) is 12.8 Å². The Labute approximate surface area is 106 Å². The highest BCUT2D eigenvalue weighted by molar-refractivity contribution is 7.87. The molecule has 0 unspecified atom stereocenters. The van der Waals surface area contributed by atoms with Crippen molar-refractivity contribution in [3.05, 3.63) is 0 Å². The first-order valence-electron chi connectivity index (χ1n) is 5.09. The van der Waals surface area contributed by atoms with Crippen LogP contribution in [0.2, 0.25) is 0 Å². The Balaban J connectivity index is 2.69. The minimum Gasteiger partial charge on any atom is -0.465 e. The average Bonchev–Trinajstić information content (AvgIpc) is 2.25. The number of alkyl halides is 4. The lowest BCUT2D eigenvalue weighted by molar-refractivity contribution is -0.0604. The molecule has 11 heteroatoms. The summed E-state index contributed by atoms with van der Waals surface area (Å²) in [5.41, 5.74) is -8.08. The molecule has 0 aromatic carbocycles. The lowest BCUT2D eigenvalue weighted by atomic mass is 9.96. The molecule has 1 aliphatic rings. The molecule has 0 aliphatic carbocycles. The number of rotatable bonds is 3. The fraction of sp³-hybridized carbons (Fsp3) is 0.875. The van der Waals surface area contributed by atoms with Crippen molar-refractivity contribution in [1.82, 2.24) is 4.90 Å².